The zero-order valence-corrected chi connectivity index (χ0v) is 17.2. The van der Waals surface area contributed by atoms with E-state index in [-0.39, 0.29) is 22.1 Å². The second kappa shape index (κ2) is 7.57. The number of nitriles is 1. The summed E-state index contributed by atoms with van der Waals surface area (Å²) >= 11 is 5.52. The summed E-state index contributed by atoms with van der Waals surface area (Å²) in [4.78, 5) is 19.0. The van der Waals surface area contributed by atoms with Crippen molar-refractivity contribution in [3.8, 4) is 6.07 Å². The lowest BCUT2D eigenvalue weighted by molar-refractivity contribution is -0.136. The van der Waals surface area contributed by atoms with E-state index in [2.05, 4.69) is 4.85 Å². The van der Waals surface area contributed by atoms with Crippen LogP contribution in [-0.2, 0) is 11.0 Å². The second-order valence-electron chi connectivity index (χ2n) is 7.58. The number of hydrogen-bond donors (Lipinski definition) is 0. The average molecular weight is 458 g/mol. The Morgan fingerprint density at radius 1 is 1.12 bits per heavy atom. The van der Waals surface area contributed by atoms with E-state index in [1.165, 1.54) is 23.1 Å². The summed E-state index contributed by atoms with van der Waals surface area (Å²) < 4.78 is 54.8. The molecule has 1 saturated carbocycles. The molecule has 1 saturated heterocycles. The molecule has 0 atom stereocenters. The third kappa shape index (κ3) is 3.19. The van der Waals surface area contributed by atoms with Crippen LogP contribution in [-0.4, -0.2) is 16.6 Å². The van der Waals surface area contributed by atoms with Crippen LogP contribution >= 0.6 is 12.2 Å². The number of benzene rings is 2. The number of hydrogen-bond acceptors (Lipinski definition) is 3. The average Bonchev–Trinajstić information content (AvgIpc) is 3.31. The summed E-state index contributed by atoms with van der Waals surface area (Å²) in [5.74, 6) is -1.28. The van der Waals surface area contributed by atoms with Gasteiger partial charge in [0.1, 0.15) is 17.4 Å². The molecule has 32 heavy (non-hydrogen) atoms. The molecule has 2 aromatic rings. The van der Waals surface area contributed by atoms with Gasteiger partial charge in [0.25, 0.3) is 5.91 Å². The third-order valence-electron chi connectivity index (χ3n) is 5.84. The summed E-state index contributed by atoms with van der Waals surface area (Å²) in [5, 5.41) is 8.92. The molecule has 2 aliphatic rings. The third-order valence-corrected chi connectivity index (χ3v) is 6.20. The molecule has 2 aromatic carbocycles. The molecule has 0 aromatic heterocycles. The van der Waals surface area contributed by atoms with Crippen LogP contribution in [0.2, 0.25) is 0 Å². The first-order chi connectivity index (χ1) is 15.1. The summed E-state index contributed by atoms with van der Waals surface area (Å²) in [6, 6.07) is 8.56. The Kier molecular flexibility index (Phi) is 5.14. The van der Waals surface area contributed by atoms with Gasteiger partial charge in [0, 0.05) is 11.4 Å². The molecule has 162 valence electrons. The molecular formula is C22H14F4N4OS. The smallest absolute Gasteiger partial charge is 0.303 e. The number of thiocarbonyl (C=S) groups is 1. The Hall–Kier alpha value is -3.50. The SMILES string of the molecule is [C-]#[N+]c1ccc(N2C(=O)C3(CCCC3)N(c3ccc(C#N)c(F)c3)C2=S)cc1C(F)(F)F. The first-order valence-electron chi connectivity index (χ1n) is 9.61. The standard InChI is InChI=1S/C22H14F4N4OS/c1-28-18-7-6-14(10-16(18)22(24,25)26)29-19(31)21(8-2-3-9-21)30(20(29)32)15-5-4-13(12-27)17(23)11-15/h4-7,10-11H,2-3,8-9H2. The van der Waals surface area contributed by atoms with Gasteiger partial charge < -0.3 is 4.90 Å². The molecule has 1 aliphatic carbocycles. The van der Waals surface area contributed by atoms with Crippen LogP contribution in [0.25, 0.3) is 4.85 Å². The van der Waals surface area contributed by atoms with Crippen molar-refractivity contribution in [2.75, 3.05) is 9.80 Å². The quantitative estimate of drug-likeness (QED) is 0.328. The van der Waals surface area contributed by atoms with E-state index >= 15 is 0 Å². The molecule has 2 fully saturated rings. The number of alkyl halides is 3. The molecule has 0 bridgehead atoms. The van der Waals surface area contributed by atoms with Gasteiger partial charge in [0.2, 0.25) is 0 Å². The maximum Gasteiger partial charge on any atom is 0.407 e. The molecule has 0 unspecified atom stereocenters. The van der Waals surface area contributed by atoms with Gasteiger partial charge in [0.05, 0.1) is 17.7 Å². The van der Waals surface area contributed by atoms with Crippen molar-refractivity contribution in [3.05, 3.63) is 64.8 Å². The minimum Gasteiger partial charge on any atom is -0.303 e. The Balaban J connectivity index is 1.86. The molecule has 1 amide bonds. The fourth-order valence-corrected chi connectivity index (χ4v) is 4.85. The number of carbonyl (C=O) groups is 1. The molecule has 5 nitrogen and oxygen atoms in total. The molecule has 4 rings (SSSR count). The number of amides is 1. The largest absolute Gasteiger partial charge is 0.407 e. The van der Waals surface area contributed by atoms with Gasteiger partial charge in [0.15, 0.2) is 10.8 Å². The van der Waals surface area contributed by atoms with E-state index < -0.39 is 34.7 Å². The zero-order valence-electron chi connectivity index (χ0n) is 16.4. The fourth-order valence-electron chi connectivity index (χ4n) is 4.38. The Morgan fingerprint density at radius 3 is 2.34 bits per heavy atom. The Morgan fingerprint density at radius 2 is 1.78 bits per heavy atom. The van der Waals surface area contributed by atoms with Crippen LogP contribution in [0.15, 0.2) is 36.4 Å². The van der Waals surface area contributed by atoms with Crippen molar-refractivity contribution in [2.45, 2.75) is 37.4 Å². The number of rotatable bonds is 2. The van der Waals surface area contributed by atoms with Crippen molar-refractivity contribution in [2.24, 2.45) is 0 Å². The van der Waals surface area contributed by atoms with Crippen LogP contribution in [0.5, 0.6) is 0 Å². The van der Waals surface area contributed by atoms with Gasteiger partial charge >= 0.3 is 6.18 Å². The summed E-state index contributed by atoms with van der Waals surface area (Å²) in [5.41, 5.74) is -2.92. The number of anilines is 2. The summed E-state index contributed by atoms with van der Waals surface area (Å²) in [7, 11) is 0. The maximum absolute atomic E-state index is 14.3. The molecule has 1 spiro atoms. The highest BCUT2D eigenvalue weighted by Gasteiger charge is 2.57. The lowest BCUT2D eigenvalue weighted by Gasteiger charge is -2.32. The van der Waals surface area contributed by atoms with Crippen LogP contribution < -0.4 is 9.80 Å². The van der Waals surface area contributed by atoms with Crippen LogP contribution in [0.3, 0.4) is 0 Å². The van der Waals surface area contributed by atoms with Gasteiger partial charge in [-0.3, -0.25) is 9.69 Å². The lowest BCUT2D eigenvalue weighted by Crippen LogP contribution is -2.47. The van der Waals surface area contributed by atoms with Gasteiger partial charge in [-0.2, -0.15) is 18.4 Å². The minimum absolute atomic E-state index is 0.0790. The maximum atomic E-state index is 14.3. The normalized spacial score (nSPS) is 17.7. The summed E-state index contributed by atoms with van der Waals surface area (Å²) in [6.45, 7) is 7.00. The molecule has 1 heterocycles. The van der Waals surface area contributed by atoms with Crippen LogP contribution in [0.1, 0.15) is 36.8 Å². The van der Waals surface area contributed by atoms with Crippen molar-refractivity contribution in [1.29, 1.82) is 5.26 Å². The van der Waals surface area contributed by atoms with Crippen molar-refractivity contribution >= 4 is 40.3 Å². The highest BCUT2D eigenvalue weighted by Crippen LogP contribution is 2.47. The monoisotopic (exact) mass is 458 g/mol. The number of carbonyl (C=O) groups excluding carboxylic acids is 1. The topological polar surface area (TPSA) is 51.7 Å². The molecular weight excluding hydrogens is 444 g/mol. The van der Waals surface area contributed by atoms with E-state index in [9.17, 15) is 22.4 Å². The lowest BCUT2D eigenvalue weighted by atomic mass is 9.94. The second-order valence-corrected chi connectivity index (χ2v) is 7.95. The van der Waals surface area contributed by atoms with Crippen molar-refractivity contribution in [1.82, 2.24) is 0 Å². The van der Waals surface area contributed by atoms with E-state index in [0.29, 0.717) is 25.7 Å². The van der Waals surface area contributed by atoms with Gasteiger partial charge in [-0.1, -0.05) is 18.9 Å². The van der Waals surface area contributed by atoms with E-state index in [0.717, 1.165) is 23.1 Å². The van der Waals surface area contributed by atoms with Crippen molar-refractivity contribution < 1.29 is 22.4 Å². The van der Waals surface area contributed by atoms with Crippen LogP contribution in [0, 0.1) is 23.7 Å². The molecule has 1 aliphatic heterocycles. The van der Waals surface area contributed by atoms with Gasteiger partial charge in [-0.05, 0) is 55.4 Å². The van der Waals surface area contributed by atoms with E-state index in [1.54, 1.807) is 6.07 Å². The molecule has 0 N–H and O–H groups in total. The zero-order chi connectivity index (χ0) is 23.3. The number of nitrogens with zero attached hydrogens (tertiary/aromatic N) is 4. The number of halogens is 4. The van der Waals surface area contributed by atoms with Crippen LogP contribution in [0.4, 0.5) is 34.6 Å². The highest BCUT2D eigenvalue weighted by molar-refractivity contribution is 7.81. The summed E-state index contributed by atoms with van der Waals surface area (Å²) in [6.07, 6.45) is -2.60. The molecule has 0 radical (unpaired) electrons. The van der Waals surface area contributed by atoms with Gasteiger partial charge in [-0.25, -0.2) is 9.24 Å². The predicted molar refractivity (Wildman–Crippen MR) is 113 cm³/mol. The van der Waals surface area contributed by atoms with Gasteiger partial charge in [-0.15, -0.1) is 0 Å². The van der Waals surface area contributed by atoms with E-state index in [4.69, 9.17) is 24.1 Å². The predicted octanol–water partition coefficient (Wildman–Crippen LogP) is 5.72. The Bertz CT molecular complexity index is 1220. The fraction of sp³-hybridized carbons (Fsp3) is 0.273. The van der Waals surface area contributed by atoms with Crippen molar-refractivity contribution in [3.63, 3.8) is 0 Å². The first-order valence-corrected chi connectivity index (χ1v) is 10.0. The highest BCUT2D eigenvalue weighted by atomic mass is 32.1. The molecule has 10 heteroatoms. The first kappa shape index (κ1) is 21.7. The van der Waals surface area contributed by atoms with E-state index in [1.807, 2.05) is 0 Å². The minimum atomic E-state index is -4.79. The Labute approximate surface area is 186 Å².